The van der Waals surface area contributed by atoms with Crippen molar-refractivity contribution < 1.29 is 13.1 Å². The van der Waals surface area contributed by atoms with Gasteiger partial charge < -0.3 is 5.21 Å². The van der Waals surface area contributed by atoms with Crippen molar-refractivity contribution in [1.29, 1.82) is 0 Å². The van der Waals surface area contributed by atoms with Crippen LogP contribution in [0.1, 0.15) is 5.56 Å². The van der Waals surface area contributed by atoms with E-state index in [1.807, 2.05) is 0 Å². The SMILES string of the molecule is O=S(=O)=C1C=CC=C[N+]1([O-])Cc1ccc(Cl)cc1Cl. The number of quaternary nitrogens is 1. The van der Waals surface area contributed by atoms with Crippen molar-refractivity contribution in [1.82, 2.24) is 0 Å². The number of benzene rings is 1. The molecule has 0 aromatic heterocycles. The molecule has 0 spiro atoms. The molecule has 1 atom stereocenters. The highest BCUT2D eigenvalue weighted by molar-refractivity contribution is 7.72. The maximum absolute atomic E-state index is 12.6. The van der Waals surface area contributed by atoms with Crippen LogP contribution < -0.4 is 0 Å². The molecule has 0 fully saturated rings. The molecule has 0 amide bonds. The number of hydrogen-bond donors (Lipinski definition) is 0. The third-order valence-corrected chi connectivity index (χ3v) is 4.01. The minimum atomic E-state index is -2.59. The second-order valence-electron chi connectivity index (χ2n) is 3.96. The van der Waals surface area contributed by atoms with E-state index < -0.39 is 14.9 Å². The van der Waals surface area contributed by atoms with Gasteiger partial charge in [0.1, 0.15) is 12.7 Å². The number of rotatable bonds is 2. The fraction of sp³-hybridized carbons (Fsp3) is 0.0833. The molecule has 100 valence electrons. The van der Waals surface area contributed by atoms with Crippen LogP contribution in [0.25, 0.3) is 0 Å². The lowest BCUT2D eigenvalue weighted by Gasteiger charge is -2.38. The van der Waals surface area contributed by atoms with E-state index in [4.69, 9.17) is 23.2 Å². The van der Waals surface area contributed by atoms with Gasteiger partial charge in [-0.15, -0.1) is 0 Å². The van der Waals surface area contributed by atoms with Crippen LogP contribution in [-0.2, 0) is 16.8 Å². The monoisotopic (exact) mass is 317 g/mol. The second-order valence-corrected chi connectivity index (χ2v) is 5.69. The summed E-state index contributed by atoms with van der Waals surface area (Å²) in [5.74, 6) is 0. The molecule has 0 radical (unpaired) electrons. The smallest absolute Gasteiger partial charge is 0.277 e. The van der Waals surface area contributed by atoms with Crippen molar-refractivity contribution in [2.24, 2.45) is 0 Å². The van der Waals surface area contributed by atoms with Gasteiger partial charge in [-0.05, 0) is 24.3 Å². The van der Waals surface area contributed by atoms with Crippen molar-refractivity contribution in [2.45, 2.75) is 6.54 Å². The van der Waals surface area contributed by atoms with Crippen molar-refractivity contribution in [2.75, 3.05) is 0 Å². The molecule has 0 bridgehead atoms. The molecule has 0 N–H and O–H groups in total. The van der Waals surface area contributed by atoms with E-state index in [0.717, 1.165) is 0 Å². The summed E-state index contributed by atoms with van der Waals surface area (Å²) in [6.07, 6.45) is 5.55. The molecule has 2 rings (SSSR count). The van der Waals surface area contributed by atoms with Crippen LogP contribution in [0.4, 0.5) is 0 Å². The molecule has 19 heavy (non-hydrogen) atoms. The first-order valence-electron chi connectivity index (χ1n) is 5.28. The van der Waals surface area contributed by atoms with E-state index in [0.29, 0.717) is 15.6 Å². The first-order valence-corrected chi connectivity index (χ1v) is 7.11. The normalized spacial score (nSPS) is 21.7. The largest absolute Gasteiger partial charge is 0.621 e. The van der Waals surface area contributed by atoms with Gasteiger partial charge in [0.2, 0.25) is 0 Å². The number of halogens is 2. The van der Waals surface area contributed by atoms with Gasteiger partial charge in [-0.1, -0.05) is 29.3 Å². The van der Waals surface area contributed by atoms with Gasteiger partial charge >= 0.3 is 0 Å². The highest BCUT2D eigenvalue weighted by atomic mass is 35.5. The highest BCUT2D eigenvalue weighted by Gasteiger charge is 2.25. The molecule has 1 aromatic carbocycles. The number of allylic oxidation sites excluding steroid dienone is 2. The lowest BCUT2D eigenvalue weighted by atomic mass is 10.2. The van der Waals surface area contributed by atoms with Crippen molar-refractivity contribution in [3.05, 3.63) is 63.4 Å². The number of nitrogens with zero attached hydrogens (tertiary/aromatic N) is 1. The zero-order valence-corrected chi connectivity index (χ0v) is 11.9. The van der Waals surface area contributed by atoms with Crippen LogP contribution in [0, 0.1) is 5.21 Å². The van der Waals surface area contributed by atoms with E-state index in [1.54, 1.807) is 12.1 Å². The predicted molar refractivity (Wildman–Crippen MR) is 76.0 cm³/mol. The van der Waals surface area contributed by atoms with E-state index in [2.05, 4.69) is 0 Å². The quantitative estimate of drug-likeness (QED) is 0.479. The summed E-state index contributed by atoms with van der Waals surface area (Å²) >= 11 is 11.8. The van der Waals surface area contributed by atoms with E-state index in [9.17, 15) is 13.6 Å². The predicted octanol–water partition coefficient (Wildman–Crippen LogP) is 2.90. The van der Waals surface area contributed by atoms with Crippen molar-refractivity contribution >= 4 is 38.5 Å². The summed E-state index contributed by atoms with van der Waals surface area (Å²) in [6.45, 7) is -0.111. The Morgan fingerprint density at radius 2 is 1.95 bits per heavy atom. The lowest BCUT2D eigenvalue weighted by Crippen LogP contribution is -2.42. The molecule has 0 saturated heterocycles. The summed E-state index contributed by atoms with van der Waals surface area (Å²) in [7, 11) is -2.59. The Morgan fingerprint density at radius 1 is 1.21 bits per heavy atom. The molecule has 0 aliphatic carbocycles. The lowest BCUT2D eigenvalue weighted by molar-refractivity contribution is -0.744. The van der Waals surface area contributed by atoms with Crippen LogP contribution in [0.3, 0.4) is 0 Å². The van der Waals surface area contributed by atoms with Gasteiger partial charge in [0.15, 0.2) is 0 Å². The van der Waals surface area contributed by atoms with Crippen molar-refractivity contribution in [3.63, 3.8) is 0 Å². The van der Waals surface area contributed by atoms with Crippen LogP contribution in [-0.4, -0.2) is 18.1 Å². The Balaban J connectivity index is 2.44. The number of hydroxylamine groups is 3. The molecule has 1 aliphatic rings. The van der Waals surface area contributed by atoms with Crippen LogP contribution >= 0.6 is 23.2 Å². The minimum absolute atomic E-state index is 0.111. The summed E-state index contributed by atoms with van der Waals surface area (Å²) in [5.41, 5.74) is 0.531. The van der Waals surface area contributed by atoms with Gasteiger partial charge in [-0.2, -0.15) is 8.42 Å². The number of hydrogen-bond acceptors (Lipinski definition) is 3. The van der Waals surface area contributed by atoms with Crippen LogP contribution in [0.2, 0.25) is 10.0 Å². The average molecular weight is 318 g/mol. The molecule has 1 heterocycles. The maximum atomic E-state index is 12.6. The first kappa shape index (κ1) is 14.3. The Kier molecular flexibility index (Phi) is 4.13. The van der Waals surface area contributed by atoms with E-state index in [1.165, 1.54) is 30.5 Å². The van der Waals surface area contributed by atoms with Gasteiger partial charge in [-0.25, -0.2) is 0 Å². The molecule has 0 saturated carbocycles. The van der Waals surface area contributed by atoms with Gasteiger partial charge in [0, 0.05) is 16.7 Å². The molecular formula is C12H9Cl2NO3S. The Bertz CT molecular complexity index is 702. The Morgan fingerprint density at radius 3 is 2.58 bits per heavy atom. The fourth-order valence-corrected chi connectivity index (χ4v) is 2.78. The van der Waals surface area contributed by atoms with Gasteiger partial charge in [0.05, 0.1) is 5.02 Å². The van der Waals surface area contributed by atoms with Crippen molar-refractivity contribution in [3.8, 4) is 0 Å². The first-order chi connectivity index (χ1) is 8.92. The fourth-order valence-electron chi connectivity index (χ4n) is 1.74. The molecule has 4 nitrogen and oxygen atoms in total. The Hall–Kier alpha value is -1.11. The van der Waals surface area contributed by atoms with Gasteiger partial charge in [-0.3, -0.25) is 4.65 Å². The standard InChI is InChI=1S/C12H9Cl2NO3S/c13-10-5-4-9(11(14)7-10)8-15(16)6-2-1-3-12(15)19(17)18/h1-7H,8H2. The van der Waals surface area contributed by atoms with Gasteiger partial charge in [0.25, 0.3) is 15.3 Å². The third-order valence-electron chi connectivity index (χ3n) is 2.64. The second kappa shape index (κ2) is 5.48. The van der Waals surface area contributed by atoms with Crippen LogP contribution in [0.5, 0.6) is 0 Å². The zero-order chi connectivity index (χ0) is 14.0. The van der Waals surface area contributed by atoms with E-state index in [-0.39, 0.29) is 11.5 Å². The summed E-state index contributed by atoms with van der Waals surface area (Å²) < 4.78 is 21.1. The summed E-state index contributed by atoms with van der Waals surface area (Å²) in [6, 6.07) is 4.73. The zero-order valence-electron chi connectivity index (χ0n) is 9.58. The average Bonchev–Trinajstić information content (AvgIpc) is 2.33. The topological polar surface area (TPSA) is 57.2 Å². The summed E-state index contributed by atoms with van der Waals surface area (Å²) in [4.78, 5) is -0.256. The third kappa shape index (κ3) is 3.08. The molecule has 1 aromatic rings. The molecule has 1 unspecified atom stereocenters. The molecular weight excluding hydrogens is 309 g/mol. The van der Waals surface area contributed by atoms with E-state index >= 15 is 0 Å². The maximum Gasteiger partial charge on any atom is 0.277 e. The Labute approximate surface area is 121 Å². The summed E-state index contributed by atoms with van der Waals surface area (Å²) in [5, 5.41) is 13.4. The minimum Gasteiger partial charge on any atom is -0.621 e. The highest BCUT2D eigenvalue weighted by Crippen LogP contribution is 2.26. The molecule has 1 aliphatic heterocycles. The van der Waals surface area contributed by atoms with Crippen LogP contribution in [0.15, 0.2) is 42.6 Å². The molecule has 7 heteroatoms.